The minimum absolute atomic E-state index is 0.0951. The molecule has 0 aliphatic rings. The van der Waals surface area contributed by atoms with Crippen molar-refractivity contribution < 1.29 is 14.6 Å². The number of methoxy groups -OCH3 is 1. The molecule has 2 aromatic carbocycles. The van der Waals surface area contributed by atoms with Crippen LogP contribution in [0.3, 0.4) is 0 Å². The number of fused-ring (bicyclic) bond motifs is 1. The molecule has 0 saturated carbocycles. The summed E-state index contributed by atoms with van der Waals surface area (Å²) >= 11 is 0. The number of carbonyl (C=O) groups is 1. The maximum atomic E-state index is 11.8. The topological polar surface area (TPSA) is 122 Å². The van der Waals surface area contributed by atoms with E-state index in [2.05, 4.69) is 21.6 Å². The average Bonchev–Trinajstić information content (AvgIpc) is 2.87. The van der Waals surface area contributed by atoms with E-state index in [1.54, 1.807) is 25.5 Å². The first-order valence-electron chi connectivity index (χ1n) is 10.4. The van der Waals surface area contributed by atoms with Crippen molar-refractivity contribution in [3.8, 4) is 28.1 Å². The Balaban J connectivity index is 0.000000968. The van der Waals surface area contributed by atoms with E-state index < -0.39 is 0 Å². The number of aliphatic hydroxyl groups is 1. The van der Waals surface area contributed by atoms with Crippen LogP contribution < -0.4 is 21.3 Å². The Labute approximate surface area is 192 Å². The van der Waals surface area contributed by atoms with E-state index in [9.17, 15) is 4.79 Å². The van der Waals surface area contributed by atoms with Crippen molar-refractivity contribution in [2.24, 2.45) is 5.84 Å². The maximum absolute atomic E-state index is 11.8. The highest BCUT2D eigenvalue weighted by molar-refractivity contribution is 6.01. The van der Waals surface area contributed by atoms with Gasteiger partial charge in [-0.25, -0.2) is 4.98 Å². The molecule has 5 N–H and O–H groups in total. The number of carbonyl (C=O) groups excluding carboxylic acids is 1. The molecule has 0 radical (unpaired) electrons. The first kappa shape index (κ1) is 23.8. The molecule has 8 nitrogen and oxygen atoms in total. The van der Waals surface area contributed by atoms with Crippen LogP contribution >= 0.6 is 0 Å². The zero-order valence-corrected chi connectivity index (χ0v) is 18.6. The van der Waals surface area contributed by atoms with E-state index in [1.165, 1.54) is 7.11 Å². The Morgan fingerprint density at radius 2 is 1.64 bits per heavy atom. The number of ether oxygens (including phenoxy) is 1. The predicted molar refractivity (Wildman–Crippen MR) is 131 cm³/mol. The van der Waals surface area contributed by atoms with Gasteiger partial charge in [-0.05, 0) is 36.4 Å². The number of rotatable bonds is 7. The number of hydrazine groups is 1. The lowest BCUT2D eigenvalue weighted by Crippen LogP contribution is -2.13. The largest absolute Gasteiger partial charge is 0.494 e. The molecule has 2 aromatic heterocycles. The SMILES string of the molecule is CNN.COc1c(-c2ccc(-c3ccc(NCCO)cc3)cc2)nc2ccncc2c1C=O. The smallest absolute Gasteiger partial charge is 0.156 e. The van der Waals surface area contributed by atoms with Gasteiger partial charge in [0.05, 0.1) is 24.8 Å². The molecular formula is C25H27N5O3. The highest BCUT2D eigenvalue weighted by Gasteiger charge is 2.17. The number of aromatic nitrogens is 2. The number of nitrogens with one attached hydrogen (secondary N) is 2. The van der Waals surface area contributed by atoms with Crippen LogP contribution in [0, 0.1) is 0 Å². The maximum Gasteiger partial charge on any atom is 0.156 e. The molecule has 0 fully saturated rings. The van der Waals surface area contributed by atoms with E-state index >= 15 is 0 Å². The summed E-state index contributed by atoms with van der Waals surface area (Å²) in [5.41, 5.74) is 7.97. The number of nitrogens with two attached hydrogens (primary N) is 1. The summed E-state index contributed by atoms with van der Waals surface area (Å²) in [5, 5.41) is 12.7. The normalized spacial score (nSPS) is 10.3. The van der Waals surface area contributed by atoms with Gasteiger partial charge in [-0.3, -0.25) is 21.0 Å². The number of nitrogens with zero attached hydrogens (tertiary/aromatic N) is 2. The number of anilines is 1. The van der Waals surface area contributed by atoms with Crippen molar-refractivity contribution in [3.63, 3.8) is 0 Å². The number of pyridine rings is 2. The van der Waals surface area contributed by atoms with Crippen LogP contribution in [0.2, 0.25) is 0 Å². The highest BCUT2D eigenvalue weighted by Crippen LogP contribution is 2.35. The van der Waals surface area contributed by atoms with Crippen molar-refractivity contribution in [2.45, 2.75) is 0 Å². The van der Waals surface area contributed by atoms with Gasteiger partial charge in [0.25, 0.3) is 0 Å². The van der Waals surface area contributed by atoms with Crippen molar-refractivity contribution in [1.29, 1.82) is 0 Å². The molecule has 0 aliphatic carbocycles. The van der Waals surface area contributed by atoms with E-state index in [-0.39, 0.29) is 6.61 Å². The van der Waals surface area contributed by atoms with Crippen LogP contribution in [0.4, 0.5) is 5.69 Å². The molecular weight excluding hydrogens is 418 g/mol. The minimum Gasteiger partial charge on any atom is -0.494 e. The van der Waals surface area contributed by atoms with Crippen LogP contribution in [-0.4, -0.2) is 48.7 Å². The van der Waals surface area contributed by atoms with Crippen molar-refractivity contribution in [1.82, 2.24) is 15.4 Å². The average molecular weight is 446 g/mol. The van der Waals surface area contributed by atoms with Gasteiger partial charge in [0.1, 0.15) is 5.69 Å². The summed E-state index contributed by atoms with van der Waals surface area (Å²) in [6.07, 6.45) is 4.07. The molecule has 8 heteroatoms. The number of aliphatic hydroxyl groups excluding tert-OH is 1. The number of benzene rings is 2. The molecule has 2 heterocycles. The fourth-order valence-corrected chi connectivity index (χ4v) is 3.43. The molecule has 0 unspecified atom stereocenters. The van der Waals surface area contributed by atoms with Crippen LogP contribution in [0.15, 0.2) is 67.0 Å². The third-order valence-corrected chi connectivity index (χ3v) is 4.92. The van der Waals surface area contributed by atoms with Crippen molar-refractivity contribution >= 4 is 22.9 Å². The van der Waals surface area contributed by atoms with Crippen molar-refractivity contribution in [2.75, 3.05) is 32.6 Å². The van der Waals surface area contributed by atoms with Crippen LogP contribution in [0.25, 0.3) is 33.3 Å². The molecule has 0 aliphatic heterocycles. The molecule has 33 heavy (non-hydrogen) atoms. The third-order valence-electron chi connectivity index (χ3n) is 4.92. The van der Waals surface area contributed by atoms with E-state index in [0.717, 1.165) is 28.7 Å². The summed E-state index contributed by atoms with van der Waals surface area (Å²) in [7, 11) is 3.19. The van der Waals surface area contributed by atoms with Gasteiger partial charge >= 0.3 is 0 Å². The third kappa shape index (κ3) is 5.50. The summed E-state index contributed by atoms with van der Waals surface area (Å²) in [4.78, 5) is 20.6. The van der Waals surface area contributed by atoms with Gasteiger partial charge in [-0.15, -0.1) is 0 Å². The second-order valence-electron chi connectivity index (χ2n) is 7.01. The fraction of sp³-hybridized carbons (Fsp3) is 0.160. The van der Waals surface area contributed by atoms with Crippen LogP contribution in [0.1, 0.15) is 10.4 Å². The minimum atomic E-state index is 0.0951. The number of aldehydes is 1. The van der Waals surface area contributed by atoms with E-state index in [4.69, 9.17) is 14.8 Å². The molecule has 4 rings (SSSR count). The molecule has 0 bridgehead atoms. The summed E-state index contributed by atoms with van der Waals surface area (Å²) in [6.45, 7) is 0.616. The van der Waals surface area contributed by atoms with Crippen molar-refractivity contribution in [3.05, 3.63) is 72.6 Å². The Morgan fingerprint density at radius 3 is 2.21 bits per heavy atom. The quantitative estimate of drug-likeness (QED) is 0.194. The first-order valence-corrected chi connectivity index (χ1v) is 10.4. The van der Waals surface area contributed by atoms with Gasteiger partial charge in [-0.1, -0.05) is 36.4 Å². The predicted octanol–water partition coefficient (Wildman–Crippen LogP) is 3.27. The van der Waals surface area contributed by atoms with Gasteiger partial charge in [-0.2, -0.15) is 0 Å². The second-order valence-corrected chi connectivity index (χ2v) is 7.01. The Kier molecular flexibility index (Phi) is 8.43. The number of hydrogen-bond acceptors (Lipinski definition) is 8. The molecule has 0 atom stereocenters. The summed E-state index contributed by atoms with van der Waals surface area (Å²) in [5.74, 6) is 5.04. The lowest BCUT2D eigenvalue weighted by molar-refractivity contribution is 0.112. The molecule has 0 amide bonds. The summed E-state index contributed by atoms with van der Waals surface area (Å²) in [6, 6.07) is 17.8. The monoisotopic (exact) mass is 445 g/mol. The molecule has 0 saturated heterocycles. The molecule has 0 spiro atoms. The lowest BCUT2D eigenvalue weighted by Gasteiger charge is -2.13. The zero-order chi connectivity index (χ0) is 23.6. The van der Waals surface area contributed by atoms with Gasteiger partial charge in [0, 0.05) is 35.6 Å². The standard InChI is InChI=1S/C24H21N3O3.CH6N2/c1-30-24-21(15-29)20-14-25-11-10-22(20)27-23(24)18-4-2-16(3-5-18)17-6-8-19(9-7-17)26-12-13-28;1-3-2/h2-11,14-15,26,28H,12-13H2,1H3;3H,2H2,1H3. The fourth-order valence-electron chi connectivity index (χ4n) is 3.43. The number of hydrogen-bond donors (Lipinski definition) is 4. The molecule has 4 aromatic rings. The lowest BCUT2D eigenvalue weighted by atomic mass is 10.00. The van der Waals surface area contributed by atoms with E-state index in [0.29, 0.717) is 34.5 Å². The Hall–Kier alpha value is -3.85. The summed E-state index contributed by atoms with van der Waals surface area (Å²) < 4.78 is 5.54. The van der Waals surface area contributed by atoms with Crippen LogP contribution in [0.5, 0.6) is 5.75 Å². The van der Waals surface area contributed by atoms with Gasteiger partial charge < -0.3 is 15.2 Å². The van der Waals surface area contributed by atoms with Gasteiger partial charge in [0.2, 0.25) is 0 Å². The van der Waals surface area contributed by atoms with Gasteiger partial charge in [0.15, 0.2) is 12.0 Å². The Morgan fingerprint density at radius 1 is 1.03 bits per heavy atom. The van der Waals surface area contributed by atoms with E-state index in [1.807, 2.05) is 48.5 Å². The Bertz CT molecular complexity index is 1200. The second kappa shape index (κ2) is 11.7. The first-order chi connectivity index (χ1) is 16.2. The zero-order valence-electron chi connectivity index (χ0n) is 18.6. The molecule has 170 valence electrons. The highest BCUT2D eigenvalue weighted by atomic mass is 16.5. The van der Waals surface area contributed by atoms with Crippen LogP contribution in [-0.2, 0) is 0 Å².